The van der Waals surface area contributed by atoms with Gasteiger partial charge in [0, 0.05) is 12.2 Å². The van der Waals surface area contributed by atoms with Crippen LogP contribution in [0, 0.1) is 0 Å². The zero-order valence-corrected chi connectivity index (χ0v) is 15.8. The molecule has 0 bridgehead atoms. The molecule has 1 aliphatic rings. The van der Waals surface area contributed by atoms with Crippen LogP contribution in [0.2, 0.25) is 5.04 Å². The van der Waals surface area contributed by atoms with Gasteiger partial charge in [0.05, 0.1) is 18.3 Å². The molecule has 1 heterocycles. The van der Waals surface area contributed by atoms with E-state index in [-0.39, 0.29) is 17.2 Å². The van der Waals surface area contributed by atoms with E-state index in [0.29, 0.717) is 0 Å². The van der Waals surface area contributed by atoms with Crippen LogP contribution in [0.25, 0.3) is 0 Å². The van der Waals surface area contributed by atoms with Crippen molar-refractivity contribution < 1.29 is 13.6 Å². The van der Waals surface area contributed by atoms with Gasteiger partial charge in [-0.15, -0.1) is 0 Å². The molecule has 1 aromatic carbocycles. The van der Waals surface area contributed by atoms with Crippen molar-refractivity contribution in [2.45, 2.75) is 65.2 Å². The zero-order chi connectivity index (χ0) is 16.4. The normalized spacial score (nSPS) is 17.8. The number of hydrogen-bond acceptors (Lipinski definition) is 3. The second-order valence-corrected chi connectivity index (χ2v) is 10.5. The highest BCUT2D eigenvalue weighted by atomic mass is 28.4. The van der Waals surface area contributed by atoms with Crippen molar-refractivity contribution in [2.75, 3.05) is 13.2 Å². The lowest BCUT2D eigenvalue weighted by Gasteiger charge is -2.51. The number of aryl methyl sites for hydroxylation is 1. The van der Waals surface area contributed by atoms with Gasteiger partial charge < -0.3 is 13.6 Å². The lowest BCUT2D eigenvalue weighted by molar-refractivity contribution is -0.0475. The van der Waals surface area contributed by atoms with Crippen LogP contribution < -0.4 is 5.19 Å². The van der Waals surface area contributed by atoms with Crippen molar-refractivity contribution >= 4 is 13.7 Å². The molecule has 0 amide bonds. The average Bonchev–Trinajstić information content (AvgIpc) is 2.42. The van der Waals surface area contributed by atoms with Gasteiger partial charge in [0.2, 0.25) is 0 Å². The lowest BCUT2D eigenvalue weighted by atomic mass is 10.1. The zero-order valence-electron chi connectivity index (χ0n) is 14.8. The molecule has 0 radical (unpaired) electrons. The summed E-state index contributed by atoms with van der Waals surface area (Å²) in [7, 11) is -2.63. The second-order valence-electron chi connectivity index (χ2n) is 7.01. The van der Waals surface area contributed by atoms with Crippen LogP contribution in [0.5, 0.6) is 0 Å². The van der Waals surface area contributed by atoms with Crippen LogP contribution in [0.15, 0.2) is 24.3 Å². The van der Waals surface area contributed by atoms with Gasteiger partial charge in [-0.05, 0) is 44.9 Å². The van der Waals surface area contributed by atoms with Crippen LogP contribution in [-0.2, 0) is 20.0 Å². The molecule has 1 aliphatic heterocycles. The molecule has 2 rings (SSSR count). The summed E-state index contributed by atoms with van der Waals surface area (Å²) in [5, 5.41) is 1.25. The monoisotopic (exact) mass is 322 g/mol. The van der Waals surface area contributed by atoms with E-state index in [0.717, 1.165) is 19.6 Å². The maximum Gasteiger partial charge on any atom is 0.384 e. The molecule has 0 aromatic heterocycles. The summed E-state index contributed by atoms with van der Waals surface area (Å²) in [6.45, 7) is 14.3. The molecule has 0 aliphatic carbocycles. The van der Waals surface area contributed by atoms with Crippen molar-refractivity contribution in [3.05, 3.63) is 29.8 Å². The first-order valence-corrected chi connectivity index (χ1v) is 10.2. The third-order valence-corrected chi connectivity index (χ3v) is 8.87. The minimum atomic E-state index is -2.63. The van der Waals surface area contributed by atoms with Crippen molar-refractivity contribution in [1.29, 1.82) is 0 Å². The van der Waals surface area contributed by atoms with E-state index >= 15 is 0 Å². The quantitative estimate of drug-likeness (QED) is 0.719. The van der Waals surface area contributed by atoms with Crippen molar-refractivity contribution in [2.24, 2.45) is 0 Å². The number of rotatable bonds is 7. The fraction of sp³-hybridized carbons (Fsp3) is 0.667. The van der Waals surface area contributed by atoms with Gasteiger partial charge in [-0.25, -0.2) is 0 Å². The predicted molar refractivity (Wildman–Crippen MR) is 92.8 cm³/mol. The summed E-state index contributed by atoms with van der Waals surface area (Å²) in [5.41, 5.74) is 1.34. The number of hydrogen-bond donors (Lipinski definition) is 0. The molecule has 1 aromatic rings. The Labute approximate surface area is 136 Å². The summed E-state index contributed by atoms with van der Waals surface area (Å²) in [6, 6.07) is 8.62. The van der Waals surface area contributed by atoms with E-state index in [4.69, 9.17) is 13.6 Å². The third kappa shape index (κ3) is 3.16. The minimum absolute atomic E-state index is 0.0349. The van der Waals surface area contributed by atoms with E-state index in [9.17, 15) is 0 Å². The van der Waals surface area contributed by atoms with Gasteiger partial charge >= 0.3 is 8.56 Å². The van der Waals surface area contributed by atoms with Gasteiger partial charge in [-0.2, -0.15) is 0 Å². The molecule has 0 spiro atoms. The summed E-state index contributed by atoms with van der Waals surface area (Å²) in [4.78, 5) is 0. The van der Waals surface area contributed by atoms with Gasteiger partial charge in [-0.1, -0.05) is 38.1 Å². The topological polar surface area (TPSA) is 27.7 Å². The van der Waals surface area contributed by atoms with Crippen LogP contribution in [0.3, 0.4) is 0 Å². The van der Waals surface area contributed by atoms with E-state index in [1.807, 2.05) is 0 Å². The fourth-order valence-corrected chi connectivity index (χ4v) is 7.62. The van der Waals surface area contributed by atoms with Gasteiger partial charge in [0.1, 0.15) is 0 Å². The Hall–Kier alpha value is -0.683. The van der Waals surface area contributed by atoms with Crippen LogP contribution in [0.4, 0.5) is 0 Å². The fourth-order valence-electron chi connectivity index (χ4n) is 3.18. The molecule has 3 nitrogen and oxygen atoms in total. The first kappa shape index (κ1) is 17.7. The second kappa shape index (κ2) is 6.83. The van der Waals surface area contributed by atoms with Crippen molar-refractivity contribution in [3.8, 4) is 0 Å². The van der Waals surface area contributed by atoms with Gasteiger partial charge in [0.25, 0.3) is 0 Å². The predicted octanol–water partition coefficient (Wildman–Crippen LogP) is 3.54. The van der Waals surface area contributed by atoms with Crippen molar-refractivity contribution in [1.82, 2.24) is 0 Å². The average molecular weight is 323 g/mol. The molecule has 0 atom stereocenters. The van der Waals surface area contributed by atoms with Crippen molar-refractivity contribution in [3.63, 3.8) is 0 Å². The Morgan fingerprint density at radius 3 is 2.05 bits per heavy atom. The largest absolute Gasteiger partial charge is 0.388 e. The molecule has 124 valence electrons. The Bertz CT molecular complexity index is 485. The minimum Gasteiger partial charge on any atom is -0.388 e. The van der Waals surface area contributed by atoms with E-state index in [1.165, 1.54) is 10.8 Å². The number of benzene rings is 1. The van der Waals surface area contributed by atoms with Crippen LogP contribution >= 0.6 is 0 Å². The lowest BCUT2D eigenvalue weighted by Crippen LogP contribution is -2.69. The van der Waals surface area contributed by atoms with Gasteiger partial charge in [0.15, 0.2) is 0 Å². The Balaban J connectivity index is 2.60. The molecule has 4 heteroatoms. The third-order valence-electron chi connectivity index (χ3n) is 4.19. The highest BCUT2D eigenvalue weighted by Gasteiger charge is 2.62. The van der Waals surface area contributed by atoms with E-state index in [2.05, 4.69) is 65.8 Å². The summed E-state index contributed by atoms with van der Waals surface area (Å²) >= 11 is 0. The van der Waals surface area contributed by atoms with Gasteiger partial charge in [-0.3, -0.25) is 0 Å². The molecular weight excluding hydrogens is 292 g/mol. The molecular formula is C18H30O3Si. The molecule has 0 N–H and O–H groups in total. The molecule has 1 saturated heterocycles. The van der Waals surface area contributed by atoms with E-state index < -0.39 is 8.56 Å². The van der Waals surface area contributed by atoms with E-state index in [1.54, 1.807) is 0 Å². The highest BCUT2D eigenvalue weighted by Crippen LogP contribution is 2.46. The Kier molecular flexibility index (Phi) is 5.48. The summed E-state index contributed by atoms with van der Waals surface area (Å²) < 4.78 is 18.8. The van der Waals surface area contributed by atoms with Crippen LogP contribution in [-0.4, -0.2) is 34.0 Å². The maximum atomic E-state index is 6.62. The smallest absolute Gasteiger partial charge is 0.384 e. The maximum absolute atomic E-state index is 6.62. The first-order valence-electron chi connectivity index (χ1n) is 8.36. The first-order chi connectivity index (χ1) is 10.3. The Morgan fingerprint density at radius 1 is 1.09 bits per heavy atom. The standard InChI is InChI=1S/C18H30O3Si/c1-7-16-10-8-9-11-17(16)22(20-14(2)3,21-15(4)5)18(6)12-19-13-18/h8-11,14-15H,7,12-13H2,1-6H3. The highest BCUT2D eigenvalue weighted by molar-refractivity contribution is 6.84. The Morgan fingerprint density at radius 2 is 1.64 bits per heavy atom. The molecule has 22 heavy (non-hydrogen) atoms. The molecule has 0 saturated carbocycles. The number of ether oxygens (including phenoxy) is 1. The summed E-state index contributed by atoms with van der Waals surface area (Å²) in [6.07, 6.45) is 1.26. The molecule has 1 fully saturated rings. The molecule has 0 unspecified atom stereocenters. The van der Waals surface area contributed by atoms with Crippen LogP contribution in [0.1, 0.15) is 47.1 Å². The summed E-state index contributed by atoms with van der Waals surface area (Å²) in [5.74, 6) is 0. The SMILES string of the molecule is CCc1ccccc1[Si](OC(C)C)(OC(C)C)C1(C)COC1.